The van der Waals surface area contributed by atoms with Gasteiger partial charge < -0.3 is 4.90 Å². The van der Waals surface area contributed by atoms with E-state index < -0.39 is 0 Å². The average Bonchev–Trinajstić information content (AvgIpc) is 2.33. The molecule has 1 aromatic rings. The molecular weight excluding hydrogens is 278 g/mol. The van der Waals surface area contributed by atoms with Gasteiger partial charge in [-0.05, 0) is 42.5 Å². The third-order valence-electron chi connectivity index (χ3n) is 4.24. The highest BCUT2D eigenvalue weighted by molar-refractivity contribution is 9.10. The summed E-state index contributed by atoms with van der Waals surface area (Å²) in [7, 11) is 1.96. The molecule has 1 saturated heterocycles. The molecule has 1 aromatic carbocycles. The van der Waals surface area contributed by atoms with Crippen LogP contribution in [0, 0.1) is 0 Å². The van der Waals surface area contributed by atoms with Crippen molar-refractivity contribution in [3.8, 4) is 0 Å². The first-order chi connectivity index (χ1) is 8.16. The lowest BCUT2D eigenvalue weighted by Gasteiger charge is -2.43. The molecule has 3 rings (SSSR count). The van der Waals surface area contributed by atoms with E-state index in [9.17, 15) is 4.79 Å². The number of amides is 1. The van der Waals surface area contributed by atoms with Crippen molar-refractivity contribution in [3.05, 3.63) is 33.8 Å². The minimum Gasteiger partial charge on any atom is -0.342 e. The summed E-state index contributed by atoms with van der Waals surface area (Å²) in [5, 5.41) is 0. The van der Waals surface area contributed by atoms with Gasteiger partial charge in [0.2, 0.25) is 5.91 Å². The molecule has 0 N–H and O–H groups in total. The quantitative estimate of drug-likeness (QED) is 0.720. The number of carbonyl (C=O) groups excluding carboxylic acids is 1. The summed E-state index contributed by atoms with van der Waals surface area (Å²) in [5.74, 6) is 0.862. The van der Waals surface area contributed by atoms with Crippen molar-refractivity contribution in [3.63, 3.8) is 0 Å². The van der Waals surface area contributed by atoms with Gasteiger partial charge >= 0.3 is 0 Å². The molecule has 1 aliphatic heterocycles. The molecule has 0 saturated carbocycles. The van der Waals surface area contributed by atoms with Gasteiger partial charge in [0.05, 0.1) is 0 Å². The van der Waals surface area contributed by atoms with Crippen molar-refractivity contribution in [2.75, 3.05) is 7.05 Å². The molecule has 90 valence electrons. The van der Waals surface area contributed by atoms with E-state index in [1.165, 1.54) is 11.1 Å². The van der Waals surface area contributed by atoms with E-state index in [1.54, 1.807) is 0 Å². The maximum Gasteiger partial charge on any atom is 0.222 e. The number of fused-ring (bicyclic) bond motifs is 3. The van der Waals surface area contributed by atoms with Crippen molar-refractivity contribution in [1.29, 1.82) is 0 Å². The number of halogens is 1. The summed E-state index contributed by atoms with van der Waals surface area (Å²) in [6.45, 7) is 0. The predicted octanol–water partition coefficient (Wildman–Crippen LogP) is 3.10. The SMILES string of the molecule is CN1C(=O)CC[C@H]2c3ccc(Br)cc3CC[C@@H]21. The summed E-state index contributed by atoms with van der Waals surface area (Å²) < 4.78 is 1.16. The minimum absolute atomic E-state index is 0.312. The first kappa shape index (κ1) is 11.3. The van der Waals surface area contributed by atoms with Crippen LogP contribution in [0.1, 0.15) is 36.3 Å². The van der Waals surface area contributed by atoms with Gasteiger partial charge in [0.15, 0.2) is 0 Å². The van der Waals surface area contributed by atoms with E-state index in [0.29, 0.717) is 24.3 Å². The standard InChI is InChI=1S/C14H16BrNO/c1-16-13-6-2-9-8-10(15)3-4-11(9)12(13)5-7-14(16)17/h3-4,8,12-13H,2,5-7H2,1H3/t12-,13-/m0/s1. The van der Waals surface area contributed by atoms with Crippen LogP contribution in [0.5, 0.6) is 0 Å². The second-order valence-corrected chi connectivity index (χ2v) is 6.01. The molecule has 1 aliphatic carbocycles. The fraction of sp³-hybridized carbons (Fsp3) is 0.500. The maximum absolute atomic E-state index is 11.7. The molecule has 1 heterocycles. The van der Waals surface area contributed by atoms with Crippen molar-refractivity contribution in [2.24, 2.45) is 0 Å². The lowest BCUT2D eigenvalue weighted by molar-refractivity contribution is -0.135. The van der Waals surface area contributed by atoms with Crippen molar-refractivity contribution < 1.29 is 4.79 Å². The van der Waals surface area contributed by atoms with Crippen LogP contribution in [0.4, 0.5) is 0 Å². The molecule has 2 aliphatic rings. The normalized spacial score (nSPS) is 27.6. The Balaban J connectivity index is 1.99. The molecule has 1 fully saturated rings. The van der Waals surface area contributed by atoms with Gasteiger partial charge in [-0.25, -0.2) is 0 Å². The highest BCUT2D eigenvalue weighted by atomic mass is 79.9. The van der Waals surface area contributed by atoms with E-state index in [-0.39, 0.29) is 0 Å². The van der Waals surface area contributed by atoms with E-state index in [1.807, 2.05) is 11.9 Å². The van der Waals surface area contributed by atoms with Gasteiger partial charge in [-0.15, -0.1) is 0 Å². The zero-order valence-electron chi connectivity index (χ0n) is 9.95. The Morgan fingerprint density at radius 3 is 2.94 bits per heavy atom. The zero-order chi connectivity index (χ0) is 12.0. The number of hydrogen-bond donors (Lipinski definition) is 0. The highest BCUT2D eigenvalue weighted by Gasteiger charge is 2.37. The van der Waals surface area contributed by atoms with Crippen molar-refractivity contribution in [1.82, 2.24) is 4.90 Å². The van der Waals surface area contributed by atoms with Gasteiger partial charge in [-0.3, -0.25) is 4.79 Å². The zero-order valence-corrected chi connectivity index (χ0v) is 11.5. The third-order valence-corrected chi connectivity index (χ3v) is 4.73. The molecule has 0 bridgehead atoms. The third kappa shape index (κ3) is 1.81. The van der Waals surface area contributed by atoms with Crippen LogP contribution >= 0.6 is 15.9 Å². The number of piperidine rings is 1. The summed E-state index contributed by atoms with van der Waals surface area (Å²) >= 11 is 3.54. The summed E-state index contributed by atoms with van der Waals surface area (Å²) in [6, 6.07) is 7.02. The molecule has 3 heteroatoms. The van der Waals surface area contributed by atoms with Gasteiger partial charge in [-0.1, -0.05) is 22.0 Å². The summed E-state index contributed by atoms with van der Waals surface area (Å²) in [4.78, 5) is 13.7. The summed E-state index contributed by atoms with van der Waals surface area (Å²) in [5.41, 5.74) is 2.92. The lowest BCUT2D eigenvalue weighted by Crippen LogP contribution is -2.47. The lowest BCUT2D eigenvalue weighted by atomic mass is 9.74. The Morgan fingerprint density at radius 1 is 1.29 bits per heavy atom. The second-order valence-electron chi connectivity index (χ2n) is 5.10. The first-order valence-electron chi connectivity index (χ1n) is 6.21. The fourth-order valence-electron chi connectivity index (χ4n) is 3.32. The minimum atomic E-state index is 0.312. The Kier molecular flexibility index (Phi) is 2.74. The maximum atomic E-state index is 11.7. The molecule has 17 heavy (non-hydrogen) atoms. The van der Waals surface area contributed by atoms with Crippen LogP contribution in [-0.2, 0) is 11.2 Å². The van der Waals surface area contributed by atoms with Gasteiger partial charge in [0.25, 0.3) is 0 Å². The van der Waals surface area contributed by atoms with E-state index in [2.05, 4.69) is 34.1 Å². The number of nitrogens with zero attached hydrogens (tertiary/aromatic N) is 1. The molecule has 2 atom stereocenters. The predicted molar refractivity (Wildman–Crippen MR) is 71.0 cm³/mol. The number of carbonyl (C=O) groups is 1. The Bertz CT molecular complexity index is 471. The Morgan fingerprint density at radius 2 is 2.12 bits per heavy atom. The van der Waals surface area contributed by atoms with E-state index in [0.717, 1.165) is 23.7 Å². The summed E-state index contributed by atoms with van der Waals surface area (Å²) in [6.07, 6.45) is 3.92. The molecule has 0 aromatic heterocycles. The second kappa shape index (κ2) is 4.13. The van der Waals surface area contributed by atoms with Crippen molar-refractivity contribution >= 4 is 21.8 Å². The van der Waals surface area contributed by atoms with Gasteiger partial charge in [0, 0.05) is 29.9 Å². The van der Waals surface area contributed by atoms with Gasteiger partial charge in [-0.2, -0.15) is 0 Å². The number of hydrogen-bond acceptors (Lipinski definition) is 1. The molecule has 1 amide bonds. The number of benzene rings is 1. The van der Waals surface area contributed by atoms with Crippen LogP contribution in [0.2, 0.25) is 0 Å². The van der Waals surface area contributed by atoms with Crippen LogP contribution in [0.3, 0.4) is 0 Å². The number of likely N-dealkylation sites (tertiary alicyclic amines) is 1. The average molecular weight is 294 g/mol. The number of rotatable bonds is 0. The molecule has 0 radical (unpaired) electrons. The van der Waals surface area contributed by atoms with E-state index >= 15 is 0 Å². The van der Waals surface area contributed by atoms with Crippen LogP contribution in [-0.4, -0.2) is 23.9 Å². The fourth-order valence-corrected chi connectivity index (χ4v) is 3.72. The molecule has 2 nitrogen and oxygen atoms in total. The smallest absolute Gasteiger partial charge is 0.222 e. The van der Waals surface area contributed by atoms with E-state index in [4.69, 9.17) is 0 Å². The first-order valence-corrected chi connectivity index (χ1v) is 7.00. The molecule has 0 spiro atoms. The molecule has 0 unspecified atom stereocenters. The van der Waals surface area contributed by atoms with Crippen LogP contribution in [0.15, 0.2) is 22.7 Å². The Labute approximate surface area is 110 Å². The number of aryl methyl sites for hydroxylation is 1. The molecular formula is C14H16BrNO. The van der Waals surface area contributed by atoms with Crippen LogP contribution < -0.4 is 0 Å². The monoisotopic (exact) mass is 293 g/mol. The van der Waals surface area contributed by atoms with Crippen molar-refractivity contribution in [2.45, 2.75) is 37.6 Å². The largest absolute Gasteiger partial charge is 0.342 e. The number of likely N-dealkylation sites (N-methyl/N-ethyl adjacent to an activating group) is 1. The van der Waals surface area contributed by atoms with Gasteiger partial charge in [0.1, 0.15) is 0 Å². The van der Waals surface area contributed by atoms with Crippen LogP contribution in [0.25, 0.3) is 0 Å². The Hall–Kier alpha value is -0.830. The topological polar surface area (TPSA) is 20.3 Å². The highest BCUT2D eigenvalue weighted by Crippen LogP contribution is 2.41.